The molecule has 0 amide bonds. The van der Waals surface area contributed by atoms with E-state index in [9.17, 15) is 19.6 Å². The Balaban J connectivity index is 3.13. The summed E-state index contributed by atoms with van der Waals surface area (Å²) in [5, 5.41) is 23.2. The van der Waals surface area contributed by atoms with Crippen LogP contribution in [0.3, 0.4) is 0 Å². The van der Waals surface area contributed by atoms with Crippen molar-refractivity contribution >= 4 is 11.4 Å². The van der Waals surface area contributed by atoms with Crippen molar-refractivity contribution in [2.75, 3.05) is 11.9 Å². The van der Waals surface area contributed by atoms with Gasteiger partial charge in [-0.2, -0.15) is 0 Å². The molecule has 6 heteroatoms. The highest BCUT2D eigenvalue weighted by Gasteiger charge is 2.28. The van der Waals surface area contributed by atoms with Gasteiger partial charge >= 0.3 is 0 Å². The molecule has 1 aromatic rings. The van der Waals surface area contributed by atoms with Crippen LogP contribution in [0.2, 0.25) is 0 Å². The van der Waals surface area contributed by atoms with Gasteiger partial charge in [-0.3, -0.25) is 10.1 Å². The highest BCUT2D eigenvalue weighted by atomic mass is 19.1. The van der Waals surface area contributed by atoms with Gasteiger partial charge < -0.3 is 10.4 Å². The van der Waals surface area contributed by atoms with Crippen LogP contribution in [-0.2, 0) is 0 Å². The molecule has 0 aliphatic carbocycles. The summed E-state index contributed by atoms with van der Waals surface area (Å²) in [6.45, 7) is 3.61. The molecular weight excluding hydrogens is 239 g/mol. The molecule has 0 fully saturated rings. The first-order valence-electron chi connectivity index (χ1n) is 5.81. The molecule has 0 spiro atoms. The number of nitrogens with zero attached hydrogens (tertiary/aromatic N) is 1. The van der Waals surface area contributed by atoms with Crippen LogP contribution in [0.15, 0.2) is 18.2 Å². The van der Waals surface area contributed by atoms with Gasteiger partial charge in [0.05, 0.1) is 23.1 Å². The van der Waals surface area contributed by atoms with Gasteiger partial charge in [-0.15, -0.1) is 0 Å². The highest BCUT2D eigenvalue weighted by molar-refractivity contribution is 5.62. The normalized spacial score (nSPS) is 11.3. The number of anilines is 1. The van der Waals surface area contributed by atoms with Crippen LogP contribution in [0, 0.1) is 15.9 Å². The monoisotopic (exact) mass is 256 g/mol. The van der Waals surface area contributed by atoms with E-state index < -0.39 is 16.3 Å². The lowest BCUT2D eigenvalue weighted by Gasteiger charge is -2.31. The van der Waals surface area contributed by atoms with E-state index in [0.717, 1.165) is 12.1 Å². The van der Waals surface area contributed by atoms with Gasteiger partial charge in [0.1, 0.15) is 11.5 Å². The summed E-state index contributed by atoms with van der Waals surface area (Å²) < 4.78 is 13.0. The van der Waals surface area contributed by atoms with Gasteiger partial charge in [0, 0.05) is 0 Å². The zero-order valence-corrected chi connectivity index (χ0v) is 10.4. The predicted octanol–water partition coefficient (Wildman–Crippen LogP) is 2.70. The fourth-order valence-electron chi connectivity index (χ4n) is 1.74. The molecule has 0 aromatic heterocycles. The maximum absolute atomic E-state index is 13.0. The molecule has 18 heavy (non-hydrogen) atoms. The average molecular weight is 256 g/mol. The van der Waals surface area contributed by atoms with Crippen molar-refractivity contribution in [2.24, 2.45) is 0 Å². The smallest absolute Gasteiger partial charge is 0.295 e. The minimum atomic E-state index is -0.658. The Hall–Kier alpha value is -1.69. The van der Waals surface area contributed by atoms with E-state index in [4.69, 9.17) is 0 Å². The molecule has 0 heterocycles. The molecule has 0 saturated carbocycles. The second-order valence-electron chi connectivity index (χ2n) is 4.19. The lowest BCUT2D eigenvalue weighted by Crippen LogP contribution is -2.41. The van der Waals surface area contributed by atoms with Crippen LogP contribution < -0.4 is 5.32 Å². The third-order valence-electron chi connectivity index (χ3n) is 3.21. The molecule has 0 atom stereocenters. The van der Waals surface area contributed by atoms with E-state index in [0.29, 0.717) is 12.8 Å². The third kappa shape index (κ3) is 2.95. The Bertz CT molecular complexity index is 425. The fourth-order valence-corrected chi connectivity index (χ4v) is 1.74. The summed E-state index contributed by atoms with van der Waals surface area (Å²) in [6.07, 6.45) is 1.21. The molecule has 2 N–H and O–H groups in total. The van der Waals surface area contributed by atoms with Gasteiger partial charge in [0.2, 0.25) is 0 Å². The summed E-state index contributed by atoms with van der Waals surface area (Å²) in [4.78, 5) is 10.2. The van der Waals surface area contributed by atoms with Crippen LogP contribution in [0.25, 0.3) is 0 Å². The van der Waals surface area contributed by atoms with E-state index in [1.165, 1.54) is 6.07 Å². The third-order valence-corrected chi connectivity index (χ3v) is 3.21. The Kier molecular flexibility index (Phi) is 4.61. The number of rotatable bonds is 6. The molecule has 0 bridgehead atoms. The number of hydrogen-bond acceptors (Lipinski definition) is 4. The van der Waals surface area contributed by atoms with Crippen molar-refractivity contribution in [1.29, 1.82) is 0 Å². The van der Waals surface area contributed by atoms with Crippen molar-refractivity contribution < 1.29 is 14.4 Å². The first-order chi connectivity index (χ1) is 8.48. The van der Waals surface area contributed by atoms with E-state index >= 15 is 0 Å². The number of nitrogens with one attached hydrogen (secondary N) is 1. The van der Waals surface area contributed by atoms with Crippen molar-refractivity contribution in [2.45, 2.75) is 32.2 Å². The second-order valence-corrected chi connectivity index (χ2v) is 4.19. The summed E-state index contributed by atoms with van der Waals surface area (Å²) in [5.41, 5.74) is -0.725. The largest absolute Gasteiger partial charge is 0.394 e. The standard InChI is InChI=1S/C12H17FN2O3/c1-3-12(4-2,8-16)14-10-6-5-9(13)7-11(10)15(17)18/h5-7,14,16H,3-4,8H2,1-2H3. The number of halogens is 1. The average Bonchev–Trinajstić information content (AvgIpc) is 2.37. The van der Waals surface area contributed by atoms with Crippen LogP contribution in [0.1, 0.15) is 26.7 Å². The molecule has 0 saturated heterocycles. The van der Waals surface area contributed by atoms with Crippen LogP contribution in [-0.4, -0.2) is 22.2 Å². The molecule has 0 aliphatic heterocycles. The number of nitro benzene ring substituents is 1. The van der Waals surface area contributed by atoms with E-state index in [1.54, 1.807) is 0 Å². The number of aliphatic hydroxyl groups excluding tert-OH is 1. The van der Waals surface area contributed by atoms with Gasteiger partial charge in [0.15, 0.2) is 0 Å². The van der Waals surface area contributed by atoms with Gasteiger partial charge in [-0.05, 0) is 25.0 Å². The van der Waals surface area contributed by atoms with Gasteiger partial charge in [-0.25, -0.2) is 4.39 Å². The molecule has 0 unspecified atom stereocenters. The number of benzene rings is 1. The molecule has 0 aliphatic rings. The lowest BCUT2D eigenvalue weighted by molar-refractivity contribution is -0.384. The quantitative estimate of drug-likeness (QED) is 0.606. The molecule has 5 nitrogen and oxygen atoms in total. The zero-order chi connectivity index (χ0) is 13.8. The van der Waals surface area contributed by atoms with Crippen molar-refractivity contribution in [1.82, 2.24) is 0 Å². The second kappa shape index (κ2) is 5.77. The maximum atomic E-state index is 13.0. The molecule has 1 rings (SSSR count). The minimum Gasteiger partial charge on any atom is -0.394 e. The number of nitro groups is 1. The zero-order valence-electron chi connectivity index (χ0n) is 10.4. The molecular formula is C12H17FN2O3. The molecule has 1 aromatic carbocycles. The lowest BCUT2D eigenvalue weighted by atomic mass is 9.93. The van der Waals surface area contributed by atoms with Crippen LogP contribution >= 0.6 is 0 Å². The number of aliphatic hydroxyl groups is 1. The molecule has 100 valence electrons. The predicted molar refractivity (Wildman–Crippen MR) is 67.1 cm³/mol. The Morgan fingerprint density at radius 3 is 2.50 bits per heavy atom. The molecule has 0 radical (unpaired) electrons. The van der Waals surface area contributed by atoms with Gasteiger partial charge in [-0.1, -0.05) is 13.8 Å². The Morgan fingerprint density at radius 2 is 2.06 bits per heavy atom. The van der Waals surface area contributed by atoms with Crippen molar-refractivity contribution in [3.63, 3.8) is 0 Å². The SMILES string of the molecule is CCC(CC)(CO)Nc1ccc(F)cc1[N+](=O)[O-]. The van der Waals surface area contributed by atoms with Gasteiger partial charge in [0.25, 0.3) is 5.69 Å². The van der Waals surface area contributed by atoms with E-state index in [-0.39, 0.29) is 18.0 Å². The first-order valence-corrected chi connectivity index (χ1v) is 5.81. The topological polar surface area (TPSA) is 75.4 Å². The summed E-state index contributed by atoms with van der Waals surface area (Å²) in [7, 11) is 0. The fraction of sp³-hybridized carbons (Fsp3) is 0.500. The van der Waals surface area contributed by atoms with Crippen molar-refractivity contribution in [3.8, 4) is 0 Å². The first kappa shape index (κ1) is 14.4. The van der Waals surface area contributed by atoms with Crippen molar-refractivity contribution in [3.05, 3.63) is 34.1 Å². The summed E-state index contributed by atoms with van der Waals surface area (Å²) in [5.74, 6) is -0.658. The van der Waals surface area contributed by atoms with Crippen LogP contribution in [0.4, 0.5) is 15.8 Å². The Morgan fingerprint density at radius 1 is 1.44 bits per heavy atom. The van der Waals surface area contributed by atoms with E-state index in [1.807, 2.05) is 13.8 Å². The van der Waals surface area contributed by atoms with Crippen LogP contribution in [0.5, 0.6) is 0 Å². The Labute approximate surface area is 105 Å². The summed E-state index contributed by atoms with van der Waals surface area (Å²) >= 11 is 0. The highest BCUT2D eigenvalue weighted by Crippen LogP contribution is 2.30. The minimum absolute atomic E-state index is 0.144. The maximum Gasteiger partial charge on any atom is 0.295 e. The summed E-state index contributed by atoms with van der Waals surface area (Å²) in [6, 6.07) is 3.35. The number of hydrogen-bond donors (Lipinski definition) is 2. The van der Waals surface area contributed by atoms with E-state index in [2.05, 4.69) is 5.32 Å².